The van der Waals surface area contributed by atoms with Gasteiger partial charge in [0.05, 0.1) is 6.61 Å². The number of ether oxygens (including phenoxy) is 2. The van der Waals surface area contributed by atoms with Gasteiger partial charge in [0.2, 0.25) is 0 Å². The Hall–Kier alpha value is -1.17. The monoisotopic (exact) mass is 275 g/mol. The van der Waals surface area contributed by atoms with Crippen LogP contribution in [0.2, 0.25) is 0 Å². The summed E-state index contributed by atoms with van der Waals surface area (Å²) in [6.45, 7) is 0.758. The van der Waals surface area contributed by atoms with E-state index < -0.39 is 12.4 Å². The van der Waals surface area contributed by atoms with Crippen molar-refractivity contribution in [1.29, 1.82) is 0 Å². The fourth-order valence-electron chi connectivity index (χ4n) is 1.42. The number of rotatable bonds is 8. The predicted molar refractivity (Wildman–Crippen MR) is 70.9 cm³/mol. The minimum Gasteiger partial charge on any atom is -0.491 e. The third-order valence-electron chi connectivity index (χ3n) is 2.59. The van der Waals surface area contributed by atoms with Gasteiger partial charge in [0.1, 0.15) is 12.4 Å². The Bertz CT molecular complexity index is 363. The van der Waals surface area contributed by atoms with Gasteiger partial charge in [0.15, 0.2) is 0 Å². The topological polar surface area (TPSA) is 18.5 Å². The van der Waals surface area contributed by atoms with Gasteiger partial charge in [0, 0.05) is 6.61 Å². The van der Waals surface area contributed by atoms with E-state index in [1.165, 1.54) is 12.1 Å². The Kier molecular flexibility index (Phi) is 6.21. The van der Waals surface area contributed by atoms with Gasteiger partial charge >= 0.3 is 6.98 Å². The van der Waals surface area contributed by atoms with Crippen LogP contribution in [0.25, 0.3) is 0 Å². The molecule has 6 heteroatoms. The molecule has 19 heavy (non-hydrogen) atoms. The van der Waals surface area contributed by atoms with E-state index in [2.05, 4.69) is 13.8 Å². The first kappa shape index (κ1) is 15.9. The molecule has 0 aliphatic rings. The van der Waals surface area contributed by atoms with Crippen molar-refractivity contribution >= 4 is 12.4 Å². The van der Waals surface area contributed by atoms with Crippen LogP contribution < -0.4 is 10.2 Å². The van der Waals surface area contributed by atoms with Crippen molar-refractivity contribution in [1.82, 2.24) is 0 Å². The fourth-order valence-corrected chi connectivity index (χ4v) is 1.42. The van der Waals surface area contributed by atoms with Crippen molar-refractivity contribution in [2.24, 2.45) is 5.92 Å². The molecule has 0 aromatic heterocycles. The SMILES string of the molecule is CC(C)CCOCCOc1ccc([B-](F)(F)F)cc1. The summed E-state index contributed by atoms with van der Waals surface area (Å²) < 4.78 is 47.8. The smallest absolute Gasteiger partial charge is 0.491 e. The van der Waals surface area contributed by atoms with Gasteiger partial charge in [-0.2, -0.15) is 0 Å². The average Bonchev–Trinajstić information content (AvgIpc) is 2.32. The van der Waals surface area contributed by atoms with Crippen LogP contribution in [0.1, 0.15) is 20.3 Å². The molecule has 2 nitrogen and oxygen atoms in total. The molecular formula is C13H19BF3O2-. The number of benzene rings is 1. The summed E-state index contributed by atoms with van der Waals surface area (Å²) in [5.74, 6) is 1.02. The summed E-state index contributed by atoms with van der Waals surface area (Å²) >= 11 is 0. The van der Waals surface area contributed by atoms with Crippen LogP contribution in [0, 0.1) is 5.92 Å². The molecule has 0 amide bonds. The van der Waals surface area contributed by atoms with Crippen LogP contribution in [-0.2, 0) is 4.74 Å². The minimum absolute atomic E-state index is 0.342. The molecule has 0 saturated heterocycles. The van der Waals surface area contributed by atoms with Crippen molar-refractivity contribution in [3.63, 3.8) is 0 Å². The number of halogens is 3. The van der Waals surface area contributed by atoms with Crippen LogP contribution in [0.15, 0.2) is 24.3 Å². The summed E-state index contributed by atoms with van der Waals surface area (Å²) in [6, 6.07) is 4.74. The molecule has 0 bridgehead atoms. The zero-order chi connectivity index (χ0) is 14.3. The predicted octanol–water partition coefficient (Wildman–Crippen LogP) is 3.18. The Morgan fingerprint density at radius 1 is 1.00 bits per heavy atom. The molecule has 0 saturated carbocycles. The van der Waals surface area contributed by atoms with Crippen LogP contribution >= 0.6 is 0 Å². The van der Waals surface area contributed by atoms with E-state index in [9.17, 15) is 12.9 Å². The molecule has 0 aliphatic carbocycles. The Balaban J connectivity index is 2.23. The molecule has 0 radical (unpaired) electrons. The normalized spacial score (nSPS) is 11.9. The molecular weight excluding hydrogens is 256 g/mol. The van der Waals surface area contributed by atoms with Crippen LogP contribution in [0.5, 0.6) is 5.75 Å². The lowest BCUT2D eigenvalue weighted by Gasteiger charge is -2.15. The lowest BCUT2D eigenvalue weighted by atomic mass is 9.80. The maximum atomic E-state index is 12.4. The Labute approximate surface area is 112 Å². The first-order valence-electron chi connectivity index (χ1n) is 6.40. The number of hydrogen-bond donors (Lipinski definition) is 0. The van der Waals surface area contributed by atoms with Crippen molar-refractivity contribution in [3.8, 4) is 5.75 Å². The second-order valence-corrected chi connectivity index (χ2v) is 4.79. The first-order valence-corrected chi connectivity index (χ1v) is 6.40. The quantitative estimate of drug-likeness (QED) is 0.536. The lowest BCUT2D eigenvalue weighted by molar-refractivity contribution is 0.0926. The summed E-state index contributed by atoms with van der Waals surface area (Å²) in [7, 11) is 0. The fraction of sp³-hybridized carbons (Fsp3) is 0.538. The maximum Gasteiger partial charge on any atom is 0.509 e. The number of hydrogen-bond acceptors (Lipinski definition) is 2. The highest BCUT2D eigenvalue weighted by atomic mass is 19.4. The molecule has 0 aliphatic heterocycles. The van der Waals surface area contributed by atoms with E-state index in [0.29, 0.717) is 31.5 Å². The second-order valence-electron chi connectivity index (χ2n) is 4.79. The highest BCUT2D eigenvalue weighted by Gasteiger charge is 2.24. The highest BCUT2D eigenvalue weighted by Crippen LogP contribution is 2.13. The standard InChI is InChI=1S/C13H19BF3O2/c1-11(2)7-8-18-9-10-19-13-5-3-12(4-6-13)14(15,16)17/h3-6,11H,7-10H2,1-2H3/q-1. The molecule has 0 atom stereocenters. The van der Waals surface area contributed by atoms with E-state index >= 15 is 0 Å². The van der Waals surface area contributed by atoms with E-state index in [0.717, 1.165) is 18.6 Å². The highest BCUT2D eigenvalue weighted by molar-refractivity contribution is 6.73. The molecule has 0 unspecified atom stereocenters. The third-order valence-corrected chi connectivity index (χ3v) is 2.59. The van der Waals surface area contributed by atoms with Gasteiger partial charge in [0.25, 0.3) is 0 Å². The van der Waals surface area contributed by atoms with Gasteiger partial charge in [-0.15, -0.1) is 5.46 Å². The van der Waals surface area contributed by atoms with Gasteiger partial charge in [-0.1, -0.05) is 26.0 Å². The third kappa shape index (κ3) is 6.52. The summed E-state index contributed by atoms with van der Waals surface area (Å²) in [5, 5.41) is 0. The molecule has 1 aromatic rings. The van der Waals surface area contributed by atoms with Crippen molar-refractivity contribution in [3.05, 3.63) is 24.3 Å². The zero-order valence-electron chi connectivity index (χ0n) is 11.2. The van der Waals surface area contributed by atoms with E-state index in [1.54, 1.807) is 0 Å². The molecule has 0 fully saturated rings. The van der Waals surface area contributed by atoms with E-state index in [4.69, 9.17) is 9.47 Å². The maximum absolute atomic E-state index is 12.4. The summed E-state index contributed by atoms with van der Waals surface area (Å²) in [6.07, 6.45) is 0.988. The largest absolute Gasteiger partial charge is 0.509 e. The van der Waals surface area contributed by atoms with Crippen molar-refractivity contribution in [2.75, 3.05) is 19.8 Å². The molecule has 0 heterocycles. The summed E-state index contributed by atoms with van der Waals surface area (Å²) in [4.78, 5) is 0. The van der Waals surface area contributed by atoms with E-state index in [-0.39, 0.29) is 0 Å². The van der Waals surface area contributed by atoms with Crippen LogP contribution in [-0.4, -0.2) is 26.8 Å². The second kappa shape index (κ2) is 7.43. The Morgan fingerprint density at radius 3 is 2.16 bits per heavy atom. The summed E-state index contributed by atoms with van der Waals surface area (Å²) in [5.41, 5.74) is -0.611. The van der Waals surface area contributed by atoms with Gasteiger partial charge in [-0.05, 0) is 24.5 Å². The van der Waals surface area contributed by atoms with Gasteiger partial charge in [-0.3, -0.25) is 0 Å². The van der Waals surface area contributed by atoms with Crippen LogP contribution in [0.3, 0.4) is 0 Å². The molecule has 0 spiro atoms. The van der Waals surface area contributed by atoms with Crippen molar-refractivity contribution in [2.45, 2.75) is 20.3 Å². The zero-order valence-corrected chi connectivity index (χ0v) is 11.2. The van der Waals surface area contributed by atoms with Crippen molar-refractivity contribution < 1.29 is 22.4 Å². The van der Waals surface area contributed by atoms with Gasteiger partial charge in [-0.25, -0.2) is 0 Å². The lowest BCUT2D eigenvalue weighted by Crippen LogP contribution is -2.33. The van der Waals surface area contributed by atoms with Gasteiger partial charge < -0.3 is 22.4 Å². The van der Waals surface area contributed by atoms with E-state index in [1.807, 2.05) is 0 Å². The molecule has 1 aromatic carbocycles. The molecule has 1 rings (SSSR count). The average molecular weight is 275 g/mol. The molecule has 0 N–H and O–H groups in total. The van der Waals surface area contributed by atoms with Crippen LogP contribution in [0.4, 0.5) is 12.9 Å². The first-order chi connectivity index (χ1) is 8.89. The Morgan fingerprint density at radius 2 is 1.63 bits per heavy atom. The minimum atomic E-state index is -4.93. The molecule has 108 valence electrons.